The zero-order valence-electron chi connectivity index (χ0n) is 12.1. The zero-order chi connectivity index (χ0) is 15.3. The van der Waals surface area contributed by atoms with Crippen molar-refractivity contribution in [2.45, 2.75) is 25.3 Å². The lowest BCUT2D eigenvalue weighted by atomic mass is 10.2. The van der Waals surface area contributed by atoms with Crippen LogP contribution in [-0.4, -0.2) is 38.0 Å². The summed E-state index contributed by atoms with van der Waals surface area (Å²) in [7, 11) is -2.24. The minimum Gasteiger partial charge on any atom is -0.495 e. The number of ether oxygens (including phenoxy) is 1. The van der Waals surface area contributed by atoms with Crippen molar-refractivity contribution in [3.8, 4) is 5.75 Å². The van der Waals surface area contributed by atoms with Crippen LogP contribution in [0.5, 0.6) is 5.75 Å². The number of aliphatic hydroxyl groups excluding tert-OH is 1. The van der Waals surface area contributed by atoms with Crippen molar-refractivity contribution in [1.29, 1.82) is 0 Å². The van der Waals surface area contributed by atoms with Crippen LogP contribution in [0.25, 0.3) is 0 Å². The summed E-state index contributed by atoms with van der Waals surface area (Å²) in [4.78, 5) is 0.0975. The minimum absolute atomic E-state index is 0.0975. The Morgan fingerprint density at radius 1 is 1.45 bits per heavy atom. The van der Waals surface area contributed by atoms with E-state index in [1.165, 1.54) is 23.5 Å². The molecule has 0 amide bonds. The molecule has 1 rings (SSSR count). The maximum atomic E-state index is 12.6. The van der Waals surface area contributed by atoms with Gasteiger partial charge in [-0.2, -0.15) is 4.31 Å². The molecule has 0 aliphatic carbocycles. The first-order valence-corrected chi connectivity index (χ1v) is 7.73. The number of benzene rings is 1. The number of sulfonamides is 1. The van der Waals surface area contributed by atoms with E-state index in [2.05, 4.69) is 6.58 Å². The van der Waals surface area contributed by atoms with Crippen LogP contribution in [0.2, 0.25) is 0 Å². The lowest BCUT2D eigenvalue weighted by Gasteiger charge is -2.22. The first-order chi connectivity index (χ1) is 9.36. The van der Waals surface area contributed by atoms with Crippen LogP contribution in [0.1, 0.15) is 19.4 Å². The molecular weight excluding hydrogens is 278 g/mol. The Kier molecular flexibility index (Phi) is 5.74. The second kappa shape index (κ2) is 6.88. The highest BCUT2D eigenvalue weighted by atomic mass is 32.2. The fourth-order valence-electron chi connectivity index (χ4n) is 1.83. The van der Waals surface area contributed by atoms with Gasteiger partial charge in [-0.3, -0.25) is 0 Å². The van der Waals surface area contributed by atoms with Crippen LogP contribution in [-0.2, 0) is 16.6 Å². The normalized spacial score (nSPS) is 11.7. The number of likely N-dealkylation sites (N-methyl/N-ethyl adjacent to an activating group) is 1. The Labute approximate surface area is 120 Å². The van der Waals surface area contributed by atoms with E-state index in [9.17, 15) is 8.42 Å². The largest absolute Gasteiger partial charge is 0.495 e. The molecule has 5 nitrogen and oxygen atoms in total. The van der Waals surface area contributed by atoms with Crippen LogP contribution >= 0.6 is 0 Å². The summed E-state index contributed by atoms with van der Waals surface area (Å²) in [6, 6.07) is 4.56. The van der Waals surface area contributed by atoms with Gasteiger partial charge in [-0.25, -0.2) is 8.42 Å². The van der Waals surface area contributed by atoms with Crippen molar-refractivity contribution in [1.82, 2.24) is 4.31 Å². The lowest BCUT2D eigenvalue weighted by Crippen LogP contribution is -2.32. The van der Waals surface area contributed by atoms with Gasteiger partial charge in [-0.05, 0) is 24.6 Å². The molecule has 112 valence electrons. The van der Waals surface area contributed by atoms with Crippen molar-refractivity contribution in [2.75, 3.05) is 20.2 Å². The fraction of sp³-hybridized carbons (Fsp3) is 0.429. The summed E-state index contributed by atoms with van der Waals surface area (Å²) in [6.45, 7) is 7.75. The second-order valence-corrected chi connectivity index (χ2v) is 6.44. The SMILES string of the molecule is C=C(C)CN(CC)S(=O)(=O)c1ccc(CO)cc1OC. The maximum absolute atomic E-state index is 12.6. The van der Waals surface area contributed by atoms with Gasteiger partial charge < -0.3 is 9.84 Å². The van der Waals surface area contributed by atoms with Crippen LogP contribution in [0.4, 0.5) is 0 Å². The lowest BCUT2D eigenvalue weighted by molar-refractivity contribution is 0.280. The number of hydrogen-bond acceptors (Lipinski definition) is 4. The van der Waals surface area contributed by atoms with E-state index in [0.29, 0.717) is 12.1 Å². The first kappa shape index (κ1) is 16.7. The third kappa shape index (κ3) is 3.59. The van der Waals surface area contributed by atoms with Gasteiger partial charge >= 0.3 is 0 Å². The maximum Gasteiger partial charge on any atom is 0.247 e. The van der Waals surface area contributed by atoms with Crippen LogP contribution in [0, 0.1) is 0 Å². The molecule has 0 heterocycles. The molecule has 0 aromatic heterocycles. The average molecular weight is 299 g/mol. The smallest absolute Gasteiger partial charge is 0.247 e. The second-order valence-electron chi connectivity index (χ2n) is 4.53. The monoisotopic (exact) mass is 299 g/mol. The molecule has 0 radical (unpaired) electrons. The number of aliphatic hydroxyl groups is 1. The predicted octanol–water partition coefficient (Wildman–Crippen LogP) is 1.77. The van der Waals surface area contributed by atoms with E-state index in [1.54, 1.807) is 19.9 Å². The molecule has 20 heavy (non-hydrogen) atoms. The highest BCUT2D eigenvalue weighted by molar-refractivity contribution is 7.89. The van der Waals surface area contributed by atoms with Crippen molar-refractivity contribution in [2.24, 2.45) is 0 Å². The van der Waals surface area contributed by atoms with Gasteiger partial charge in [0.05, 0.1) is 13.7 Å². The summed E-state index contributed by atoms with van der Waals surface area (Å²) < 4.78 is 31.7. The summed E-state index contributed by atoms with van der Waals surface area (Å²) in [6.07, 6.45) is 0. The molecule has 0 bridgehead atoms. The molecule has 0 unspecified atom stereocenters. The minimum atomic E-state index is -3.65. The Morgan fingerprint density at radius 3 is 2.55 bits per heavy atom. The van der Waals surface area contributed by atoms with Crippen molar-refractivity contribution >= 4 is 10.0 Å². The Bertz CT molecular complexity index is 581. The van der Waals surface area contributed by atoms with Gasteiger partial charge in [0.25, 0.3) is 0 Å². The van der Waals surface area contributed by atoms with E-state index in [-0.39, 0.29) is 23.8 Å². The highest BCUT2D eigenvalue weighted by Crippen LogP contribution is 2.28. The molecule has 1 N–H and O–H groups in total. The Morgan fingerprint density at radius 2 is 2.10 bits per heavy atom. The fourth-order valence-corrected chi connectivity index (χ4v) is 3.48. The Hall–Kier alpha value is -1.37. The van der Waals surface area contributed by atoms with Gasteiger partial charge in [0.2, 0.25) is 10.0 Å². The van der Waals surface area contributed by atoms with E-state index < -0.39 is 10.0 Å². The first-order valence-electron chi connectivity index (χ1n) is 6.29. The number of hydrogen-bond donors (Lipinski definition) is 1. The molecule has 0 atom stereocenters. The van der Waals surface area contributed by atoms with Gasteiger partial charge in [0.15, 0.2) is 0 Å². The standard InChI is InChI=1S/C14H21NO4S/c1-5-15(9-11(2)3)20(17,18)14-7-6-12(10-16)8-13(14)19-4/h6-8,16H,2,5,9-10H2,1,3-4H3. The quantitative estimate of drug-likeness (QED) is 0.779. The van der Waals surface area contributed by atoms with Crippen LogP contribution in [0.3, 0.4) is 0 Å². The molecule has 1 aromatic carbocycles. The van der Waals surface area contributed by atoms with Crippen molar-refractivity contribution < 1.29 is 18.3 Å². The predicted molar refractivity (Wildman–Crippen MR) is 78.2 cm³/mol. The topological polar surface area (TPSA) is 66.8 Å². The third-order valence-corrected chi connectivity index (χ3v) is 4.79. The van der Waals surface area contributed by atoms with Gasteiger partial charge in [-0.15, -0.1) is 0 Å². The molecule has 0 aliphatic heterocycles. The highest BCUT2D eigenvalue weighted by Gasteiger charge is 2.26. The van der Waals surface area contributed by atoms with Gasteiger partial charge in [0.1, 0.15) is 10.6 Å². The summed E-state index contributed by atoms with van der Waals surface area (Å²) in [5, 5.41) is 9.10. The molecule has 0 spiro atoms. The van der Waals surface area contributed by atoms with E-state index in [0.717, 1.165) is 5.57 Å². The molecule has 0 saturated heterocycles. The summed E-state index contributed by atoms with van der Waals surface area (Å²) >= 11 is 0. The van der Waals surface area contributed by atoms with Crippen molar-refractivity contribution in [3.05, 3.63) is 35.9 Å². The molecule has 0 aliphatic rings. The molecule has 0 fully saturated rings. The number of nitrogens with zero attached hydrogens (tertiary/aromatic N) is 1. The van der Waals surface area contributed by atoms with Crippen LogP contribution < -0.4 is 4.74 Å². The van der Waals surface area contributed by atoms with Crippen LogP contribution in [0.15, 0.2) is 35.2 Å². The number of rotatable bonds is 7. The van der Waals surface area contributed by atoms with E-state index >= 15 is 0 Å². The van der Waals surface area contributed by atoms with E-state index in [4.69, 9.17) is 9.84 Å². The van der Waals surface area contributed by atoms with Gasteiger partial charge in [0, 0.05) is 13.1 Å². The zero-order valence-corrected chi connectivity index (χ0v) is 12.9. The van der Waals surface area contributed by atoms with Crippen molar-refractivity contribution in [3.63, 3.8) is 0 Å². The summed E-state index contributed by atoms with van der Waals surface area (Å²) in [5.41, 5.74) is 1.37. The molecule has 6 heteroatoms. The molecule has 1 aromatic rings. The average Bonchev–Trinajstić information content (AvgIpc) is 2.43. The summed E-state index contributed by atoms with van der Waals surface area (Å²) in [5.74, 6) is 0.233. The molecular formula is C14H21NO4S. The number of methoxy groups -OCH3 is 1. The van der Waals surface area contributed by atoms with E-state index in [1.807, 2.05) is 0 Å². The van der Waals surface area contributed by atoms with Gasteiger partial charge in [-0.1, -0.05) is 25.1 Å². The Balaban J connectivity index is 3.29. The molecule has 0 saturated carbocycles. The third-order valence-electron chi connectivity index (χ3n) is 2.83.